The molecule has 0 spiro atoms. The Labute approximate surface area is 168 Å². The molecule has 6 aliphatic rings. The molecule has 0 aromatic heterocycles. The zero-order valence-corrected chi connectivity index (χ0v) is 17.3. The van der Waals surface area contributed by atoms with Crippen molar-refractivity contribution in [1.82, 2.24) is 0 Å². The predicted molar refractivity (Wildman–Crippen MR) is 109 cm³/mol. The first-order valence-electron chi connectivity index (χ1n) is 11.2. The highest BCUT2D eigenvalue weighted by Gasteiger charge is 2.61. The largest absolute Gasteiger partial charge is 0.390 e. The molecule has 146 valence electrons. The lowest BCUT2D eigenvalue weighted by Gasteiger charge is -2.40. The van der Waals surface area contributed by atoms with E-state index in [1.807, 2.05) is 0 Å². The zero-order valence-electron chi connectivity index (χ0n) is 15.5. The minimum absolute atomic E-state index is 0.353. The average molecular weight is 395 g/mol. The van der Waals surface area contributed by atoms with Gasteiger partial charge in [-0.3, -0.25) is 0 Å². The number of rotatable bonds is 3. The average Bonchev–Trinajstić information content (AvgIpc) is 3.38. The van der Waals surface area contributed by atoms with Gasteiger partial charge < -0.3 is 10.2 Å². The summed E-state index contributed by atoms with van der Waals surface area (Å²) in [5.74, 6) is 6.94. The Morgan fingerprint density at radius 3 is 1.31 bits per heavy atom. The normalized spacial score (nSPS) is 61.8. The van der Waals surface area contributed by atoms with Gasteiger partial charge in [0.2, 0.25) is 0 Å². The lowest BCUT2D eigenvalue weighted by Crippen LogP contribution is -2.45. The van der Waals surface area contributed by atoms with Gasteiger partial charge in [-0.2, -0.15) is 25.3 Å². The molecule has 0 heterocycles. The van der Waals surface area contributed by atoms with Gasteiger partial charge in [0, 0.05) is 10.5 Å². The predicted octanol–water partition coefficient (Wildman–Crippen LogP) is 3.67. The number of hydrogen-bond donors (Lipinski definition) is 4. The number of thiol groups is 2. The molecular formula is C22H34O2S2. The smallest absolute Gasteiger partial charge is 0.0832 e. The van der Waals surface area contributed by atoms with E-state index in [0.717, 1.165) is 48.3 Å². The second kappa shape index (κ2) is 6.06. The molecule has 0 radical (unpaired) electrons. The third-order valence-electron chi connectivity index (χ3n) is 10.2. The minimum atomic E-state index is -0.485. The minimum Gasteiger partial charge on any atom is -0.390 e. The van der Waals surface area contributed by atoms with Crippen LogP contribution in [0.25, 0.3) is 0 Å². The van der Waals surface area contributed by atoms with E-state index in [0.29, 0.717) is 34.2 Å². The van der Waals surface area contributed by atoms with Crippen molar-refractivity contribution in [1.29, 1.82) is 0 Å². The van der Waals surface area contributed by atoms with Crippen molar-refractivity contribution in [3.8, 4) is 0 Å². The molecule has 2 N–H and O–H groups in total. The summed E-state index contributed by atoms with van der Waals surface area (Å²) in [7, 11) is 0. The van der Waals surface area contributed by atoms with Crippen LogP contribution in [0, 0.1) is 59.2 Å². The fourth-order valence-electron chi connectivity index (χ4n) is 9.48. The Kier molecular flexibility index (Phi) is 4.07. The fourth-order valence-corrected chi connectivity index (χ4v) is 10.5. The third kappa shape index (κ3) is 2.34. The van der Waals surface area contributed by atoms with Crippen molar-refractivity contribution in [3.63, 3.8) is 0 Å². The number of aliphatic hydroxyl groups is 2. The van der Waals surface area contributed by atoms with E-state index >= 15 is 0 Å². The maximum atomic E-state index is 11.2. The first-order chi connectivity index (χ1) is 12.5. The zero-order chi connectivity index (χ0) is 17.7. The van der Waals surface area contributed by atoms with Gasteiger partial charge in [-0.15, -0.1) is 0 Å². The summed E-state index contributed by atoms with van der Waals surface area (Å²) in [6, 6.07) is 0. The highest BCUT2D eigenvalue weighted by Crippen LogP contribution is 2.65. The second-order valence-electron chi connectivity index (χ2n) is 11.0. The van der Waals surface area contributed by atoms with E-state index in [1.54, 1.807) is 0 Å². The summed E-state index contributed by atoms with van der Waals surface area (Å²) >= 11 is 9.51. The highest BCUT2D eigenvalue weighted by atomic mass is 32.1. The van der Waals surface area contributed by atoms with Gasteiger partial charge >= 0.3 is 0 Å². The Balaban J connectivity index is 1.16. The van der Waals surface area contributed by atoms with Crippen molar-refractivity contribution < 1.29 is 10.2 Å². The van der Waals surface area contributed by atoms with E-state index in [9.17, 15) is 10.2 Å². The topological polar surface area (TPSA) is 40.5 Å². The van der Waals surface area contributed by atoms with Crippen LogP contribution in [-0.2, 0) is 0 Å². The van der Waals surface area contributed by atoms with Crippen molar-refractivity contribution in [2.75, 3.05) is 0 Å². The molecule has 0 saturated heterocycles. The molecule has 4 bridgehead atoms. The van der Waals surface area contributed by atoms with Gasteiger partial charge in [-0.1, -0.05) is 0 Å². The standard InChI is InChI=1S/C22H34O2S2/c23-21(19-3-9-1-15(19)17-7-11(25)5-13(9)17)22(24)20-4-10-2-16(20)18-8-12(26)6-14(10)18/h9-26H,1-8H2. The molecule has 14 unspecified atom stereocenters. The Hall–Kier alpha value is 0.620. The summed E-state index contributed by atoms with van der Waals surface area (Å²) in [6.45, 7) is 0. The first-order valence-corrected chi connectivity index (χ1v) is 12.3. The van der Waals surface area contributed by atoms with Gasteiger partial charge in [0.1, 0.15) is 0 Å². The second-order valence-corrected chi connectivity index (χ2v) is 12.5. The van der Waals surface area contributed by atoms with Crippen LogP contribution >= 0.6 is 25.3 Å². The third-order valence-corrected chi connectivity index (χ3v) is 11.1. The van der Waals surface area contributed by atoms with Crippen molar-refractivity contribution in [3.05, 3.63) is 0 Å². The monoisotopic (exact) mass is 394 g/mol. The lowest BCUT2D eigenvalue weighted by atomic mass is 9.68. The Bertz CT molecular complexity index is 534. The van der Waals surface area contributed by atoms with Crippen LogP contribution in [0.15, 0.2) is 0 Å². The van der Waals surface area contributed by atoms with Gasteiger partial charge in [0.05, 0.1) is 12.2 Å². The van der Waals surface area contributed by atoms with Crippen molar-refractivity contribution in [2.45, 2.75) is 74.1 Å². The van der Waals surface area contributed by atoms with E-state index in [4.69, 9.17) is 25.3 Å². The summed E-state index contributed by atoms with van der Waals surface area (Å²) < 4.78 is 0. The summed E-state index contributed by atoms with van der Waals surface area (Å²) in [6.07, 6.45) is 9.06. The van der Waals surface area contributed by atoms with Gasteiger partial charge in [0.25, 0.3) is 0 Å². The van der Waals surface area contributed by atoms with Crippen LogP contribution in [0.4, 0.5) is 0 Å². The van der Waals surface area contributed by atoms with Gasteiger partial charge in [-0.25, -0.2) is 0 Å². The van der Waals surface area contributed by atoms with Crippen LogP contribution in [-0.4, -0.2) is 32.9 Å². The Morgan fingerprint density at radius 1 is 0.500 bits per heavy atom. The van der Waals surface area contributed by atoms with Gasteiger partial charge in [-0.05, 0) is 111 Å². The van der Waals surface area contributed by atoms with Crippen LogP contribution < -0.4 is 0 Å². The quantitative estimate of drug-likeness (QED) is 0.552. The summed E-state index contributed by atoms with van der Waals surface area (Å²) in [5.41, 5.74) is 0. The van der Waals surface area contributed by atoms with Crippen molar-refractivity contribution >= 4 is 25.3 Å². The maximum absolute atomic E-state index is 11.2. The molecule has 0 aliphatic heterocycles. The van der Waals surface area contributed by atoms with Crippen LogP contribution in [0.2, 0.25) is 0 Å². The molecule has 26 heavy (non-hydrogen) atoms. The maximum Gasteiger partial charge on any atom is 0.0832 e. The van der Waals surface area contributed by atoms with E-state index in [-0.39, 0.29) is 0 Å². The first kappa shape index (κ1) is 17.5. The van der Waals surface area contributed by atoms with E-state index in [2.05, 4.69) is 0 Å². The molecule has 6 saturated carbocycles. The lowest BCUT2D eigenvalue weighted by molar-refractivity contribution is -0.0855. The number of aliphatic hydroxyl groups excluding tert-OH is 2. The number of hydrogen-bond acceptors (Lipinski definition) is 4. The molecule has 6 rings (SSSR count). The van der Waals surface area contributed by atoms with Crippen molar-refractivity contribution in [2.24, 2.45) is 59.2 Å². The van der Waals surface area contributed by atoms with Crippen LogP contribution in [0.3, 0.4) is 0 Å². The van der Waals surface area contributed by atoms with E-state index in [1.165, 1.54) is 38.5 Å². The molecule has 14 atom stereocenters. The van der Waals surface area contributed by atoms with Crippen LogP contribution in [0.1, 0.15) is 51.4 Å². The molecule has 0 aromatic carbocycles. The molecule has 6 aliphatic carbocycles. The summed E-state index contributed by atoms with van der Waals surface area (Å²) in [5, 5.41) is 23.6. The molecule has 6 fully saturated rings. The molecule has 4 heteroatoms. The summed E-state index contributed by atoms with van der Waals surface area (Å²) in [4.78, 5) is 0. The van der Waals surface area contributed by atoms with Crippen LogP contribution in [0.5, 0.6) is 0 Å². The fraction of sp³-hybridized carbons (Fsp3) is 1.00. The SMILES string of the molecule is OC(C(O)C1CC2CC1C1CC(S)CC21)C1CC2CC1C1CC(S)CC21. The highest BCUT2D eigenvalue weighted by molar-refractivity contribution is 7.81. The number of fused-ring (bicyclic) bond motifs is 10. The van der Waals surface area contributed by atoms with Gasteiger partial charge in [0.15, 0.2) is 0 Å². The molecule has 0 amide bonds. The van der Waals surface area contributed by atoms with E-state index < -0.39 is 12.2 Å². The molecule has 2 nitrogen and oxygen atoms in total. The Morgan fingerprint density at radius 2 is 0.885 bits per heavy atom. The molecular weight excluding hydrogens is 360 g/mol. The molecule has 0 aromatic rings.